The molecule has 0 spiro atoms. The van der Waals surface area contributed by atoms with Crippen molar-refractivity contribution in [3.8, 4) is 11.5 Å². The predicted molar refractivity (Wildman–Crippen MR) is 152 cm³/mol. The summed E-state index contributed by atoms with van der Waals surface area (Å²) in [4.78, 5) is 13.5. The molecule has 0 amide bonds. The van der Waals surface area contributed by atoms with Crippen molar-refractivity contribution >= 4 is 39.2 Å². The lowest BCUT2D eigenvalue weighted by atomic mass is 10.0. The minimum Gasteiger partial charge on any atom is -0.619 e. The number of benzene rings is 2. The summed E-state index contributed by atoms with van der Waals surface area (Å²) in [5.74, 6) is -0.930. The van der Waals surface area contributed by atoms with Gasteiger partial charge in [-0.3, -0.25) is 0 Å². The molecule has 0 bridgehead atoms. The second-order valence-electron chi connectivity index (χ2n) is 9.74. The van der Waals surface area contributed by atoms with Gasteiger partial charge in [-0.25, -0.2) is 17.2 Å². The number of esters is 1. The predicted octanol–water partition coefficient (Wildman–Crippen LogP) is 6.20. The number of hydrogen-bond acceptors (Lipinski definition) is 7. The highest BCUT2D eigenvalue weighted by Gasteiger charge is 2.29. The SMILES string of the molecule is O=C(O[C@@H](Cc1c(Cl)c[n+]([O-])cc1Cl)c1ccc(OC(F)F)c(OCC2CC2)c1)c1cccn1S(=O)(=O)c1ccccc1. The number of pyridine rings is 1. The summed E-state index contributed by atoms with van der Waals surface area (Å²) in [6.45, 7) is -2.83. The largest absolute Gasteiger partial charge is 0.619 e. The Morgan fingerprint density at radius 2 is 1.72 bits per heavy atom. The molecule has 5 rings (SSSR count). The van der Waals surface area contributed by atoms with E-state index in [-0.39, 0.29) is 62.2 Å². The molecule has 2 aromatic heterocycles. The molecule has 226 valence electrons. The van der Waals surface area contributed by atoms with Crippen molar-refractivity contribution in [3.05, 3.63) is 111 Å². The Morgan fingerprint density at radius 1 is 1.02 bits per heavy atom. The van der Waals surface area contributed by atoms with Crippen molar-refractivity contribution in [3.63, 3.8) is 0 Å². The van der Waals surface area contributed by atoms with Crippen molar-refractivity contribution in [2.24, 2.45) is 5.92 Å². The van der Waals surface area contributed by atoms with E-state index in [0.29, 0.717) is 4.73 Å². The van der Waals surface area contributed by atoms with Crippen LogP contribution in [0.15, 0.2) is 84.1 Å². The molecule has 4 aromatic rings. The lowest BCUT2D eigenvalue weighted by Crippen LogP contribution is -2.26. The summed E-state index contributed by atoms with van der Waals surface area (Å²) in [6, 6.07) is 14.3. The van der Waals surface area contributed by atoms with Gasteiger partial charge in [0, 0.05) is 18.2 Å². The van der Waals surface area contributed by atoms with Crippen molar-refractivity contribution in [1.82, 2.24) is 3.97 Å². The monoisotopic (exact) mass is 652 g/mol. The Balaban J connectivity index is 1.52. The van der Waals surface area contributed by atoms with E-state index in [9.17, 15) is 27.2 Å². The van der Waals surface area contributed by atoms with E-state index < -0.39 is 28.7 Å². The molecule has 0 aliphatic heterocycles. The van der Waals surface area contributed by atoms with Crippen LogP contribution in [-0.4, -0.2) is 31.6 Å². The number of alkyl halides is 2. The minimum absolute atomic E-state index is 0.00318. The highest BCUT2D eigenvalue weighted by Crippen LogP contribution is 2.38. The quantitative estimate of drug-likeness (QED) is 0.102. The van der Waals surface area contributed by atoms with Gasteiger partial charge >= 0.3 is 12.6 Å². The summed E-state index contributed by atoms with van der Waals surface area (Å²) in [6.07, 6.45) is 3.91. The molecule has 1 atom stereocenters. The first-order chi connectivity index (χ1) is 20.5. The van der Waals surface area contributed by atoms with Crippen LogP contribution in [-0.2, 0) is 21.2 Å². The maximum absolute atomic E-state index is 13.5. The van der Waals surface area contributed by atoms with Crippen molar-refractivity contribution in [2.75, 3.05) is 6.61 Å². The molecule has 43 heavy (non-hydrogen) atoms. The Bertz CT molecular complexity index is 1710. The van der Waals surface area contributed by atoms with Gasteiger partial charge < -0.3 is 19.4 Å². The molecule has 1 aliphatic carbocycles. The fourth-order valence-corrected chi connectivity index (χ4v) is 6.24. The van der Waals surface area contributed by atoms with Crippen molar-refractivity contribution in [1.29, 1.82) is 0 Å². The van der Waals surface area contributed by atoms with Crippen molar-refractivity contribution < 1.29 is 40.9 Å². The zero-order valence-corrected chi connectivity index (χ0v) is 24.6. The fourth-order valence-electron chi connectivity index (χ4n) is 4.29. The van der Waals surface area contributed by atoms with Gasteiger partial charge in [-0.1, -0.05) is 47.5 Å². The Morgan fingerprint density at radius 3 is 2.37 bits per heavy atom. The topological polar surface area (TPSA) is 111 Å². The van der Waals surface area contributed by atoms with Crippen LogP contribution in [0.2, 0.25) is 10.0 Å². The molecule has 0 saturated heterocycles. The van der Waals surface area contributed by atoms with E-state index in [1.165, 1.54) is 48.7 Å². The van der Waals surface area contributed by atoms with E-state index in [2.05, 4.69) is 4.74 Å². The summed E-state index contributed by atoms with van der Waals surface area (Å²) in [5, 5.41) is 11.8. The zero-order chi connectivity index (χ0) is 30.7. The molecular formula is C29H24Cl2F2N2O7S. The minimum atomic E-state index is -4.15. The van der Waals surface area contributed by atoms with Gasteiger partial charge in [-0.05, 0) is 60.7 Å². The van der Waals surface area contributed by atoms with Gasteiger partial charge in [0.15, 0.2) is 23.9 Å². The second kappa shape index (κ2) is 12.8. The van der Waals surface area contributed by atoms with Crippen LogP contribution in [0.1, 0.15) is 40.6 Å². The molecule has 0 radical (unpaired) electrons. The smallest absolute Gasteiger partial charge is 0.387 e. The molecule has 0 N–H and O–H groups in total. The first kappa shape index (κ1) is 30.6. The molecule has 1 fully saturated rings. The van der Waals surface area contributed by atoms with Gasteiger partial charge in [0.05, 0.1) is 11.5 Å². The van der Waals surface area contributed by atoms with Crippen LogP contribution in [0.4, 0.5) is 8.78 Å². The third kappa shape index (κ3) is 7.20. The zero-order valence-electron chi connectivity index (χ0n) is 22.2. The average Bonchev–Trinajstić information content (AvgIpc) is 3.65. The summed E-state index contributed by atoms with van der Waals surface area (Å²) < 4.78 is 70.2. The fraction of sp³-hybridized carbons (Fsp3) is 0.241. The average molecular weight is 653 g/mol. The lowest BCUT2D eigenvalue weighted by molar-refractivity contribution is -0.605. The van der Waals surface area contributed by atoms with E-state index in [1.54, 1.807) is 18.2 Å². The first-order valence-corrected chi connectivity index (χ1v) is 15.2. The first-order valence-electron chi connectivity index (χ1n) is 13.0. The van der Waals surface area contributed by atoms with Crippen LogP contribution in [0, 0.1) is 11.1 Å². The third-order valence-corrected chi connectivity index (χ3v) is 9.00. The van der Waals surface area contributed by atoms with Crippen LogP contribution >= 0.6 is 23.2 Å². The van der Waals surface area contributed by atoms with Gasteiger partial charge in [0.1, 0.15) is 21.8 Å². The van der Waals surface area contributed by atoms with Gasteiger partial charge in [-0.2, -0.15) is 13.5 Å². The standard InChI is InChI=1S/C29H24Cl2F2N2O7S/c30-22-15-34(37)16-23(31)21(22)14-26(19-10-11-25(42-29(32)33)27(13-19)40-17-18-8-9-18)41-28(36)24-7-4-12-35(24)43(38,39)20-5-2-1-3-6-20/h1-7,10-13,15-16,18,26,29H,8-9,14,17H2/t26-/m0/s1. The van der Waals surface area contributed by atoms with Crippen LogP contribution in [0.3, 0.4) is 0 Å². The third-order valence-electron chi connectivity index (χ3n) is 6.65. The molecule has 1 aliphatic rings. The van der Waals surface area contributed by atoms with Crippen LogP contribution in [0.25, 0.3) is 0 Å². The number of nitrogens with zero attached hydrogens (tertiary/aromatic N) is 2. The van der Waals surface area contributed by atoms with Gasteiger partial charge in [-0.15, -0.1) is 0 Å². The summed E-state index contributed by atoms with van der Waals surface area (Å²) in [7, 11) is -4.15. The maximum Gasteiger partial charge on any atom is 0.387 e. The van der Waals surface area contributed by atoms with Crippen molar-refractivity contribution in [2.45, 2.75) is 36.9 Å². The Hall–Kier alpha value is -3.87. The number of aromatic nitrogens is 2. The van der Waals surface area contributed by atoms with E-state index >= 15 is 0 Å². The lowest BCUT2D eigenvalue weighted by Gasteiger charge is -2.22. The summed E-state index contributed by atoms with van der Waals surface area (Å²) >= 11 is 12.6. The number of ether oxygens (including phenoxy) is 3. The van der Waals surface area contributed by atoms with E-state index in [1.807, 2.05) is 0 Å². The molecule has 0 unspecified atom stereocenters. The second-order valence-corrected chi connectivity index (χ2v) is 12.4. The van der Waals surface area contributed by atoms with E-state index in [4.69, 9.17) is 32.7 Å². The van der Waals surface area contributed by atoms with Gasteiger partial charge in [0.25, 0.3) is 10.0 Å². The van der Waals surface area contributed by atoms with Crippen LogP contribution < -0.4 is 14.2 Å². The molecular weight excluding hydrogens is 629 g/mol. The number of halogens is 4. The number of carbonyl (C=O) groups is 1. The number of hydrogen-bond donors (Lipinski definition) is 0. The highest BCUT2D eigenvalue weighted by atomic mass is 35.5. The van der Waals surface area contributed by atoms with Gasteiger partial charge in [0.2, 0.25) is 0 Å². The highest BCUT2D eigenvalue weighted by molar-refractivity contribution is 7.90. The number of carbonyl (C=O) groups excluding carboxylic acids is 1. The molecule has 9 nitrogen and oxygen atoms in total. The molecule has 14 heteroatoms. The number of rotatable bonds is 12. The van der Waals surface area contributed by atoms with E-state index in [0.717, 1.165) is 29.2 Å². The molecule has 2 aromatic carbocycles. The molecule has 2 heterocycles. The Kier molecular flexibility index (Phi) is 9.09. The normalized spacial score (nSPS) is 14.0. The Labute approximate surface area is 255 Å². The van der Waals surface area contributed by atoms with Crippen LogP contribution in [0.5, 0.6) is 11.5 Å². The summed E-state index contributed by atoms with van der Waals surface area (Å²) in [5.41, 5.74) is 0.254. The maximum atomic E-state index is 13.5. The molecule has 1 saturated carbocycles.